The predicted octanol–water partition coefficient (Wildman–Crippen LogP) is 2.70. The number of piperazine rings is 1. The van der Waals surface area contributed by atoms with Crippen LogP contribution in [0.15, 0.2) is 54.4 Å². The molecule has 1 aromatic heterocycles. The summed E-state index contributed by atoms with van der Waals surface area (Å²) in [4.78, 5) is 36.5. The molecule has 6 heteroatoms. The van der Waals surface area contributed by atoms with Crippen LogP contribution in [0.2, 0.25) is 0 Å². The number of nitrogens with zero attached hydrogens (tertiary/aromatic N) is 4. The number of hydrogen-bond donors (Lipinski definition) is 0. The van der Waals surface area contributed by atoms with Gasteiger partial charge in [-0.05, 0) is 38.5 Å². The molecular weight excluding hydrogens is 364 g/mol. The van der Waals surface area contributed by atoms with Gasteiger partial charge in [-0.15, -0.1) is 0 Å². The molecule has 0 radical (unpaired) electrons. The molecule has 0 bridgehead atoms. The molecule has 0 atom stereocenters. The van der Waals surface area contributed by atoms with Gasteiger partial charge in [0.1, 0.15) is 11.5 Å². The van der Waals surface area contributed by atoms with Gasteiger partial charge < -0.3 is 9.80 Å². The van der Waals surface area contributed by atoms with Gasteiger partial charge in [-0.1, -0.05) is 35.9 Å². The number of amides is 2. The largest absolute Gasteiger partial charge is 0.363 e. The molecule has 0 unspecified atom stereocenters. The van der Waals surface area contributed by atoms with Crippen LogP contribution in [0, 0.1) is 6.92 Å². The lowest BCUT2D eigenvalue weighted by molar-refractivity contribution is -0.139. The summed E-state index contributed by atoms with van der Waals surface area (Å²) in [7, 11) is 0. The molecule has 2 aliphatic rings. The van der Waals surface area contributed by atoms with Gasteiger partial charge in [0.2, 0.25) is 0 Å². The van der Waals surface area contributed by atoms with Crippen LogP contribution >= 0.6 is 0 Å². The maximum absolute atomic E-state index is 13.2. The van der Waals surface area contributed by atoms with Gasteiger partial charge in [0.15, 0.2) is 0 Å². The summed E-state index contributed by atoms with van der Waals surface area (Å²) in [5.41, 5.74) is 2.99. The Morgan fingerprint density at radius 2 is 1.52 bits per heavy atom. The quantitative estimate of drug-likeness (QED) is 0.752. The van der Waals surface area contributed by atoms with Crippen molar-refractivity contribution in [3.8, 4) is 0 Å². The maximum atomic E-state index is 13.2. The lowest BCUT2D eigenvalue weighted by atomic mass is 10.0. The van der Waals surface area contributed by atoms with Crippen molar-refractivity contribution in [2.75, 3.05) is 31.1 Å². The standard InChI is InChI=1S/C23H26N4O2/c1-16(2)27-22(28)20(18-9-7-17(3)8-10-18)21(23(27)29)26-14-12-25(13-15-26)19-6-4-5-11-24-19/h4-11,16H,12-15H2,1-3H3. The van der Waals surface area contributed by atoms with Crippen LogP contribution in [0.5, 0.6) is 0 Å². The maximum Gasteiger partial charge on any atom is 0.278 e. The second-order valence-corrected chi connectivity index (χ2v) is 7.83. The lowest BCUT2D eigenvalue weighted by Gasteiger charge is -2.37. The number of anilines is 1. The van der Waals surface area contributed by atoms with E-state index in [4.69, 9.17) is 0 Å². The van der Waals surface area contributed by atoms with Crippen molar-refractivity contribution in [3.63, 3.8) is 0 Å². The van der Waals surface area contributed by atoms with E-state index >= 15 is 0 Å². The Balaban J connectivity index is 1.66. The van der Waals surface area contributed by atoms with Crippen LogP contribution in [-0.2, 0) is 9.59 Å². The molecule has 2 aromatic rings. The summed E-state index contributed by atoms with van der Waals surface area (Å²) in [6.07, 6.45) is 1.79. The van der Waals surface area contributed by atoms with Gasteiger partial charge in [-0.2, -0.15) is 0 Å². The molecule has 0 saturated carbocycles. The zero-order valence-corrected chi connectivity index (χ0v) is 17.1. The normalized spacial score (nSPS) is 17.7. The Morgan fingerprint density at radius 1 is 0.862 bits per heavy atom. The fourth-order valence-corrected chi connectivity index (χ4v) is 3.98. The van der Waals surface area contributed by atoms with E-state index in [0.717, 1.165) is 30.0 Å². The van der Waals surface area contributed by atoms with E-state index < -0.39 is 0 Å². The number of rotatable bonds is 4. The number of pyridine rings is 1. The lowest BCUT2D eigenvalue weighted by Crippen LogP contribution is -2.48. The van der Waals surface area contributed by atoms with Gasteiger partial charge in [-0.25, -0.2) is 4.98 Å². The highest BCUT2D eigenvalue weighted by Gasteiger charge is 2.43. The smallest absolute Gasteiger partial charge is 0.278 e. The minimum Gasteiger partial charge on any atom is -0.363 e. The Labute approximate surface area is 171 Å². The molecule has 0 spiro atoms. The molecule has 150 valence electrons. The van der Waals surface area contributed by atoms with Crippen molar-refractivity contribution in [3.05, 3.63) is 65.5 Å². The molecule has 1 saturated heterocycles. The van der Waals surface area contributed by atoms with E-state index in [2.05, 4.69) is 14.8 Å². The van der Waals surface area contributed by atoms with Crippen LogP contribution in [0.25, 0.3) is 5.57 Å². The Bertz CT molecular complexity index is 943. The molecule has 0 aliphatic carbocycles. The number of imide groups is 1. The summed E-state index contributed by atoms with van der Waals surface area (Å²) >= 11 is 0. The number of carbonyl (C=O) groups is 2. The van der Waals surface area contributed by atoms with E-state index in [1.165, 1.54) is 4.90 Å². The van der Waals surface area contributed by atoms with E-state index in [9.17, 15) is 9.59 Å². The molecule has 1 aromatic carbocycles. The molecule has 1 fully saturated rings. The summed E-state index contributed by atoms with van der Waals surface area (Å²) < 4.78 is 0. The van der Waals surface area contributed by atoms with Gasteiger partial charge >= 0.3 is 0 Å². The second kappa shape index (κ2) is 7.70. The van der Waals surface area contributed by atoms with Crippen molar-refractivity contribution >= 4 is 23.2 Å². The third-order valence-electron chi connectivity index (χ3n) is 5.52. The molecule has 2 amide bonds. The molecule has 6 nitrogen and oxygen atoms in total. The van der Waals surface area contributed by atoms with E-state index in [1.807, 2.05) is 63.2 Å². The van der Waals surface area contributed by atoms with E-state index in [0.29, 0.717) is 24.4 Å². The zero-order chi connectivity index (χ0) is 20.5. The first-order valence-corrected chi connectivity index (χ1v) is 10.1. The second-order valence-electron chi connectivity index (χ2n) is 7.83. The van der Waals surface area contributed by atoms with Crippen LogP contribution in [0.4, 0.5) is 5.82 Å². The highest BCUT2D eigenvalue weighted by Crippen LogP contribution is 2.33. The minimum absolute atomic E-state index is 0.178. The fourth-order valence-electron chi connectivity index (χ4n) is 3.98. The highest BCUT2D eigenvalue weighted by atomic mass is 16.2. The van der Waals surface area contributed by atoms with Gasteiger partial charge in [0, 0.05) is 38.4 Å². The van der Waals surface area contributed by atoms with Crippen molar-refractivity contribution in [2.24, 2.45) is 0 Å². The molecule has 0 N–H and O–H groups in total. The van der Waals surface area contributed by atoms with Crippen molar-refractivity contribution in [1.82, 2.24) is 14.8 Å². The van der Waals surface area contributed by atoms with Crippen LogP contribution in [-0.4, -0.2) is 58.8 Å². The minimum atomic E-state index is -0.198. The van der Waals surface area contributed by atoms with E-state index in [1.54, 1.807) is 6.20 Å². The first-order chi connectivity index (χ1) is 14.0. The first-order valence-electron chi connectivity index (χ1n) is 10.1. The molecule has 3 heterocycles. The van der Waals surface area contributed by atoms with Crippen LogP contribution in [0.3, 0.4) is 0 Å². The third kappa shape index (κ3) is 3.50. The van der Waals surface area contributed by atoms with Crippen molar-refractivity contribution in [2.45, 2.75) is 26.8 Å². The van der Waals surface area contributed by atoms with Gasteiger partial charge in [0.25, 0.3) is 11.8 Å². The van der Waals surface area contributed by atoms with E-state index in [-0.39, 0.29) is 17.9 Å². The number of hydrogen-bond acceptors (Lipinski definition) is 5. The number of carbonyl (C=O) groups excluding carboxylic acids is 2. The summed E-state index contributed by atoms with van der Waals surface area (Å²) in [6, 6.07) is 13.5. The number of benzene rings is 1. The molecule has 4 rings (SSSR count). The van der Waals surface area contributed by atoms with Gasteiger partial charge in [0.05, 0.1) is 5.57 Å². The third-order valence-corrected chi connectivity index (χ3v) is 5.52. The fraction of sp³-hybridized carbons (Fsp3) is 0.348. The first kappa shape index (κ1) is 19.2. The molecule has 29 heavy (non-hydrogen) atoms. The average Bonchev–Trinajstić information content (AvgIpc) is 2.99. The van der Waals surface area contributed by atoms with Gasteiger partial charge in [-0.3, -0.25) is 14.5 Å². The number of aryl methyl sites for hydroxylation is 1. The summed E-state index contributed by atoms with van der Waals surface area (Å²) in [6.45, 7) is 8.63. The van der Waals surface area contributed by atoms with Crippen LogP contribution < -0.4 is 4.90 Å². The average molecular weight is 390 g/mol. The molecular formula is C23H26N4O2. The topological polar surface area (TPSA) is 56.8 Å². The van der Waals surface area contributed by atoms with Crippen molar-refractivity contribution < 1.29 is 9.59 Å². The van der Waals surface area contributed by atoms with Crippen molar-refractivity contribution in [1.29, 1.82) is 0 Å². The Kier molecular flexibility index (Phi) is 5.09. The monoisotopic (exact) mass is 390 g/mol. The van der Waals surface area contributed by atoms with Crippen LogP contribution in [0.1, 0.15) is 25.0 Å². The predicted molar refractivity (Wildman–Crippen MR) is 113 cm³/mol. The Morgan fingerprint density at radius 3 is 2.10 bits per heavy atom. The number of aromatic nitrogens is 1. The SMILES string of the molecule is Cc1ccc(C2=C(N3CCN(c4ccccn4)CC3)C(=O)N(C(C)C)C2=O)cc1. The zero-order valence-electron chi connectivity index (χ0n) is 17.1. The summed E-state index contributed by atoms with van der Waals surface area (Å²) in [5.74, 6) is 0.556. The highest BCUT2D eigenvalue weighted by molar-refractivity contribution is 6.35. The summed E-state index contributed by atoms with van der Waals surface area (Å²) in [5, 5.41) is 0. The Hall–Kier alpha value is -3.15. The molecule has 2 aliphatic heterocycles.